The van der Waals surface area contributed by atoms with Gasteiger partial charge in [-0.05, 0) is 45.7 Å². The van der Waals surface area contributed by atoms with E-state index in [4.69, 9.17) is 9.47 Å². The standard InChI is InChI=1S/C24H34F3N3O7S/c1-6-36-22(32)12-17-14-29(7-8-30(17)38(5,34)35)21(31)11-16(28-23(33)37-24(2,3)4)9-15-10-19(26)20(27)13-18(15)25/h10,13,16-17H,6-9,11-12,14H2,1-5H3,(H,28,33)/t16-,17?/m1/s1. The van der Waals surface area contributed by atoms with Crippen molar-refractivity contribution < 1.29 is 45.4 Å². The van der Waals surface area contributed by atoms with E-state index in [1.54, 1.807) is 27.7 Å². The SMILES string of the molecule is CCOC(=O)CC1CN(C(=O)C[C@@H](Cc2cc(F)c(F)cc2F)NC(=O)OC(C)(C)C)CCN1S(C)(=O)=O. The Morgan fingerprint density at radius 2 is 1.74 bits per heavy atom. The first-order chi connectivity index (χ1) is 17.5. The minimum Gasteiger partial charge on any atom is -0.466 e. The fourth-order valence-electron chi connectivity index (χ4n) is 4.05. The van der Waals surface area contributed by atoms with Crippen LogP contribution < -0.4 is 5.32 Å². The summed E-state index contributed by atoms with van der Waals surface area (Å²) in [5.41, 5.74) is -1.14. The van der Waals surface area contributed by atoms with E-state index in [0.29, 0.717) is 12.1 Å². The molecule has 0 bridgehead atoms. The zero-order chi connectivity index (χ0) is 28.8. The van der Waals surface area contributed by atoms with Gasteiger partial charge in [-0.3, -0.25) is 9.59 Å². The minimum atomic E-state index is -3.69. The lowest BCUT2D eigenvalue weighted by Crippen LogP contribution is -2.57. The van der Waals surface area contributed by atoms with Crippen molar-refractivity contribution in [3.8, 4) is 0 Å². The quantitative estimate of drug-likeness (QED) is 0.360. The van der Waals surface area contributed by atoms with Crippen LogP contribution in [0.1, 0.15) is 46.1 Å². The molecule has 1 N–H and O–H groups in total. The van der Waals surface area contributed by atoms with Crippen LogP contribution >= 0.6 is 0 Å². The Labute approximate surface area is 220 Å². The molecule has 0 aromatic heterocycles. The van der Waals surface area contributed by atoms with Crippen LogP contribution in [0.25, 0.3) is 0 Å². The molecule has 14 heteroatoms. The first kappa shape index (κ1) is 31.3. The number of amides is 2. The number of rotatable bonds is 9. The molecule has 0 saturated carbocycles. The van der Waals surface area contributed by atoms with Gasteiger partial charge in [0, 0.05) is 38.2 Å². The van der Waals surface area contributed by atoms with E-state index in [-0.39, 0.29) is 51.1 Å². The Kier molecular flexibility index (Phi) is 10.5. The second-order valence-electron chi connectivity index (χ2n) is 9.99. The van der Waals surface area contributed by atoms with Gasteiger partial charge in [0.15, 0.2) is 11.6 Å². The Hall–Kier alpha value is -2.87. The third-order valence-corrected chi connectivity index (χ3v) is 6.95. The van der Waals surface area contributed by atoms with Gasteiger partial charge in [0.25, 0.3) is 0 Å². The summed E-state index contributed by atoms with van der Waals surface area (Å²) < 4.78 is 77.2. The Morgan fingerprint density at radius 3 is 2.32 bits per heavy atom. The maximum atomic E-state index is 14.3. The molecule has 1 aliphatic rings. The van der Waals surface area contributed by atoms with Crippen LogP contribution in [0.3, 0.4) is 0 Å². The number of benzene rings is 1. The molecule has 1 fully saturated rings. The van der Waals surface area contributed by atoms with Gasteiger partial charge in [-0.15, -0.1) is 0 Å². The van der Waals surface area contributed by atoms with Crippen LogP contribution in [0.15, 0.2) is 12.1 Å². The molecule has 214 valence electrons. The second-order valence-corrected chi connectivity index (χ2v) is 11.9. The van der Waals surface area contributed by atoms with Gasteiger partial charge in [0.05, 0.1) is 25.3 Å². The molecule has 1 saturated heterocycles. The van der Waals surface area contributed by atoms with Crippen molar-refractivity contribution in [1.29, 1.82) is 0 Å². The molecule has 0 spiro atoms. The Morgan fingerprint density at radius 1 is 1.11 bits per heavy atom. The molecule has 10 nitrogen and oxygen atoms in total. The lowest BCUT2D eigenvalue weighted by atomic mass is 10.0. The summed E-state index contributed by atoms with van der Waals surface area (Å²) in [6, 6.07) is -0.920. The zero-order valence-electron chi connectivity index (χ0n) is 22.1. The first-order valence-electron chi connectivity index (χ1n) is 12.0. The van der Waals surface area contributed by atoms with E-state index in [1.165, 1.54) is 4.90 Å². The summed E-state index contributed by atoms with van der Waals surface area (Å²) in [5, 5.41) is 2.47. The predicted molar refractivity (Wildman–Crippen MR) is 131 cm³/mol. The van der Waals surface area contributed by atoms with E-state index in [9.17, 15) is 36.0 Å². The number of nitrogens with zero attached hydrogens (tertiary/aromatic N) is 2. The number of hydrogen-bond acceptors (Lipinski definition) is 7. The van der Waals surface area contributed by atoms with E-state index >= 15 is 0 Å². The molecule has 2 amide bonds. The molecular formula is C24H34F3N3O7S. The van der Waals surface area contributed by atoms with Gasteiger partial charge in [-0.2, -0.15) is 4.31 Å². The summed E-state index contributed by atoms with van der Waals surface area (Å²) in [5.74, 6) is -4.88. The molecule has 0 radical (unpaired) electrons. The maximum absolute atomic E-state index is 14.3. The molecule has 38 heavy (non-hydrogen) atoms. The van der Waals surface area contributed by atoms with Gasteiger partial charge in [-0.1, -0.05) is 0 Å². The number of alkyl carbamates (subject to hydrolysis) is 1. The zero-order valence-corrected chi connectivity index (χ0v) is 22.9. The molecule has 1 aliphatic heterocycles. The molecule has 1 unspecified atom stereocenters. The predicted octanol–water partition coefficient (Wildman–Crippen LogP) is 2.36. The summed E-state index contributed by atoms with van der Waals surface area (Å²) in [6.07, 6.45) is -0.920. The molecule has 1 heterocycles. The molecule has 1 aromatic rings. The molecule has 2 rings (SSSR count). The highest BCUT2D eigenvalue weighted by atomic mass is 32.2. The molecule has 1 aromatic carbocycles. The average molecular weight is 566 g/mol. The smallest absolute Gasteiger partial charge is 0.407 e. The van der Waals surface area contributed by atoms with Gasteiger partial charge >= 0.3 is 12.1 Å². The number of ether oxygens (including phenoxy) is 2. The van der Waals surface area contributed by atoms with Gasteiger partial charge in [0.1, 0.15) is 11.4 Å². The highest BCUT2D eigenvalue weighted by Crippen LogP contribution is 2.21. The monoisotopic (exact) mass is 565 g/mol. The number of carbonyl (C=O) groups excluding carboxylic acids is 3. The van der Waals surface area contributed by atoms with Crippen LogP contribution in [0.2, 0.25) is 0 Å². The number of hydrogen-bond donors (Lipinski definition) is 1. The fourth-order valence-corrected chi connectivity index (χ4v) is 5.15. The summed E-state index contributed by atoms with van der Waals surface area (Å²) in [4.78, 5) is 39.0. The van der Waals surface area contributed by atoms with Gasteiger partial charge in [-0.25, -0.2) is 26.4 Å². The Balaban J connectivity index is 2.24. The normalized spacial score (nSPS) is 17.6. The highest BCUT2D eigenvalue weighted by Gasteiger charge is 2.37. The van der Waals surface area contributed by atoms with Gasteiger partial charge < -0.3 is 19.7 Å². The first-order valence-corrected chi connectivity index (χ1v) is 13.9. The van der Waals surface area contributed by atoms with Crippen molar-refractivity contribution in [1.82, 2.24) is 14.5 Å². The number of esters is 1. The third-order valence-electron chi connectivity index (χ3n) is 5.61. The number of nitrogens with one attached hydrogen (secondary N) is 1. The fraction of sp³-hybridized carbons (Fsp3) is 0.625. The number of halogens is 3. The number of piperazine rings is 1. The van der Waals surface area contributed by atoms with Crippen molar-refractivity contribution in [3.63, 3.8) is 0 Å². The van der Waals surface area contributed by atoms with Crippen molar-refractivity contribution in [2.24, 2.45) is 0 Å². The Bertz CT molecular complexity index is 1140. The third kappa shape index (κ3) is 9.46. The minimum absolute atomic E-state index is 0.00389. The summed E-state index contributed by atoms with van der Waals surface area (Å²) >= 11 is 0. The second kappa shape index (κ2) is 12.8. The molecular weight excluding hydrogens is 531 g/mol. The van der Waals surface area contributed by atoms with E-state index in [1.807, 2.05) is 0 Å². The highest BCUT2D eigenvalue weighted by molar-refractivity contribution is 7.88. The van der Waals surface area contributed by atoms with Gasteiger partial charge in [0.2, 0.25) is 15.9 Å². The number of sulfonamides is 1. The van der Waals surface area contributed by atoms with Crippen molar-refractivity contribution in [3.05, 3.63) is 35.1 Å². The lowest BCUT2D eigenvalue weighted by Gasteiger charge is -2.40. The van der Waals surface area contributed by atoms with Crippen LogP contribution in [-0.4, -0.2) is 85.8 Å². The molecule has 0 aliphatic carbocycles. The van der Waals surface area contributed by atoms with Crippen molar-refractivity contribution >= 4 is 28.0 Å². The largest absolute Gasteiger partial charge is 0.466 e. The topological polar surface area (TPSA) is 122 Å². The van der Waals surface area contributed by atoms with Crippen molar-refractivity contribution in [2.45, 2.75) is 64.6 Å². The van der Waals surface area contributed by atoms with Crippen LogP contribution in [0.4, 0.5) is 18.0 Å². The van der Waals surface area contributed by atoms with Crippen LogP contribution in [-0.2, 0) is 35.5 Å². The van der Waals surface area contributed by atoms with Crippen LogP contribution in [0, 0.1) is 17.5 Å². The van der Waals surface area contributed by atoms with E-state index < -0.39 is 63.1 Å². The van der Waals surface area contributed by atoms with E-state index in [0.717, 1.165) is 10.6 Å². The summed E-state index contributed by atoms with van der Waals surface area (Å²) in [7, 11) is -3.69. The van der Waals surface area contributed by atoms with Crippen molar-refractivity contribution in [2.75, 3.05) is 32.5 Å². The lowest BCUT2D eigenvalue weighted by molar-refractivity contribution is -0.146. The molecule has 2 atom stereocenters. The number of carbonyl (C=O) groups is 3. The van der Waals surface area contributed by atoms with Crippen LogP contribution in [0.5, 0.6) is 0 Å². The average Bonchev–Trinajstić information content (AvgIpc) is 2.75. The summed E-state index contributed by atoms with van der Waals surface area (Å²) in [6.45, 7) is 6.37. The maximum Gasteiger partial charge on any atom is 0.407 e. The van der Waals surface area contributed by atoms with E-state index in [2.05, 4.69) is 5.32 Å².